The van der Waals surface area contributed by atoms with Crippen LogP contribution in [0.25, 0.3) is 0 Å². The Morgan fingerprint density at radius 3 is 2.38 bits per heavy atom. The van der Waals surface area contributed by atoms with Crippen molar-refractivity contribution in [2.75, 3.05) is 38.6 Å². The first kappa shape index (κ1) is 18.4. The summed E-state index contributed by atoms with van der Waals surface area (Å²) in [5, 5.41) is 5.91. The van der Waals surface area contributed by atoms with Crippen molar-refractivity contribution >= 4 is 17.7 Å². The van der Waals surface area contributed by atoms with Gasteiger partial charge < -0.3 is 25.2 Å². The summed E-state index contributed by atoms with van der Waals surface area (Å²) in [6, 6.07) is 5.61. The summed E-state index contributed by atoms with van der Waals surface area (Å²) in [7, 11) is 1.60. The number of carbonyl (C=O) groups excluding carboxylic acids is 2. The minimum Gasteiger partial charge on any atom is -0.497 e. The van der Waals surface area contributed by atoms with Crippen molar-refractivity contribution < 1.29 is 14.3 Å². The van der Waals surface area contributed by atoms with Crippen LogP contribution in [0.4, 0.5) is 15.3 Å². The Kier molecular flexibility index (Phi) is 5.85. The zero-order valence-corrected chi connectivity index (χ0v) is 15.6. The maximum Gasteiger partial charge on any atom is 0.319 e. The van der Waals surface area contributed by atoms with Crippen LogP contribution < -0.4 is 15.4 Å². The normalized spacial score (nSPS) is 17.9. The fraction of sp³-hybridized carbons (Fsp3) is 0.579. The number of benzene rings is 1. The molecule has 2 saturated heterocycles. The molecule has 0 unspecified atom stereocenters. The zero-order chi connectivity index (χ0) is 18.5. The van der Waals surface area contributed by atoms with Gasteiger partial charge in [0.1, 0.15) is 5.75 Å². The summed E-state index contributed by atoms with van der Waals surface area (Å²) < 4.78 is 5.20. The Morgan fingerprint density at radius 2 is 1.73 bits per heavy atom. The number of ether oxygens (including phenoxy) is 1. The number of urea groups is 2. The van der Waals surface area contributed by atoms with Crippen molar-refractivity contribution in [2.45, 2.75) is 38.6 Å². The SMILES string of the molecule is COc1ccc(C)c(NC(=O)NC2CCN(C(=O)N3CCCC3)CC2)c1. The van der Waals surface area contributed by atoms with E-state index in [1.165, 1.54) is 0 Å². The highest BCUT2D eigenvalue weighted by Crippen LogP contribution is 2.22. The van der Waals surface area contributed by atoms with Crippen LogP contribution in [-0.2, 0) is 0 Å². The minimum atomic E-state index is -0.217. The monoisotopic (exact) mass is 360 g/mol. The number of rotatable bonds is 3. The Balaban J connectivity index is 1.47. The highest BCUT2D eigenvalue weighted by Gasteiger charge is 2.28. The topological polar surface area (TPSA) is 73.9 Å². The van der Waals surface area contributed by atoms with Crippen LogP contribution in [0.15, 0.2) is 18.2 Å². The Labute approximate surface area is 154 Å². The second-order valence-electron chi connectivity index (χ2n) is 7.02. The van der Waals surface area contributed by atoms with E-state index in [4.69, 9.17) is 4.74 Å². The molecule has 2 fully saturated rings. The van der Waals surface area contributed by atoms with Gasteiger partial charge in [-0.1, -0.05) is 6.07 Å². The molecule has 2 N–H and O–H groups in total. The highest BCUT2D eigenvalue weighted by atomic mass is 16.5. The molecule has 26 heavy (non-hydrogen) atoms. The van der Waals surface area contributed by atoms with Crippen LogP contribution >= 0.6 is 0 Å². The van der Waals surface area contributed by atoms with Gasteiger partial charge in [0.2, 0.25) is 0 Å². The second kappa shape index (κ2) is 8.29. The fourth-order valence-corrected chi connectivity index (χ4v) is 3.53. The number of hydrogen-bond acceptors (Lipinski definition) is 3. The lowest BCUT2D eigenvalue weighted by Crippen LogP contribution is -2.50. The summed E-state index contributed by atoms with van der Waals surface area (Å²) in [6.45, 7) is 5.08. The third-order valence-corrected chi connectivity index (χ3v) is 5.17. The molecule has 3 rings (SSSR count). The quantitative estimate of drug-likeness (QED) is 0.870. The number of carbonyl (C=O) groups is 2. The third-order valence-electron chi connectivity index (χ3n) is 5.17. The van der Waals surface area contributed by atoms with Gasteiger partial charge in [-0.3, -0.25) is 0 Å². The molecule has 2 heterocycles. The number of anilines is 1. The average Bonchev–Trinajstić information content (AvgIpc) is 3.18. The van der Waals surface area contributed by atoms with Gasteiger partial charge in [0, 0.05) is 44.0 Å². The zero-order valence-electron chi connectivity index (χ0n) is 15.6. The van der Waals surface area contributed by atoms with Gasteiger partial charge in [-0.15, -0.1) is 0 Å². The van der Waals surface area contributed by atoms with Crippen molar-refractivity contribution in [3.8, 4) is 5.75 Å². The molecule has 1 aromatic rings. The van der Waals surface area contributed by atoms with E-state index >= 15 is 0 Å². The van der Waals surface area contributed by atoms with Crippen molar-refractivity contribution in [3.05, 3.63) is 23.8 Å². The van der Waals surface area contributed by atoms with E-state index in [9.17, 15) is 9.59 Å². The molecule has 1 aromatic carbocycles. The first-order chi connectivity index (χ1) is 12.6. The summed E-state index contributed by atoms with van der Waals surface area (Å²) in [6.07, 6.45) is 3.77. The van der Waals surface area contributed by atoms with E-state index < -0.39 is 0 Å². The van der Waals surface area contributed by atoms with Gasteiger partial charge in [0.05, 0.1) is 7.11 Å². The van der Waals surface area contributed by atoms with E-state index in [1.807, 2.05) is 34.9 Å². The van der Waals surface area contributed by atoms with Crippen LogP contribution in [0.3, 0.4) is 0 Å². The summed E-state index contributed by atoms with van der Waals surface area (Å²) in [5.41, 5.74) is 1.72. The molecule has 2 aliphatic rings. The molecule has 0 radical (unpaired) electrons. The molecule has 7 heteroatoms. The highest BCUT2D eigenvalue weighted by molar-refractivity contribution is 5.90. The largest absolute Gasteiger partial charge is 0.497 e. The number of methoxy groups -OCH3 is 1. The Morgan fingerprint density at radius 1 is 1.08 bits per heavy atom. The molecule has 0 aliphatic carbocycles. The Hall–Kier alpha value is -2.44. The van der Waals surface area contributed by atoms with Crippen LogP contribution in [0.1, 0.15) is 31.2 Å². The lowest BCUT2D eigenvalue weighted by molar-refractivity contribution is 0.146. The minimum absolute atomic E-state index is 0.0866. The van der Waals surface area contributed by atoms with Crippen LogP contribution in [-0.4, -0.2) is 61.2 Å². The number of hydrogen-bond donors (Lipinski definition) is 2. The average molecular weight is 360 g/mol. The summed E-state index contributed by atoms with van der Waals surface area (Å²) >= 11 is 0. The van der Waals surface area contributed by atoms with Gasteiger partial charge >= 0.3 is 12.1 Å². The van der Waals surface area contributed by atoms with Gasteiger partial charge in [0.15, 0.2) is 0 Å². The number of nitrogens with zero attached hydrogens (tertiary/aromatic N) is 2. The Bertz CT molecular complexity index is 650. The fourth-order valence-electron chi connectivity index (χ4n) is 3.53. The first-order valence-electron chi connectivity index (χ1n) is 9.33. The van der Waals surface area contributed by atoms with Gasteiger partial charge in [0.25, 0.3) is 0 Å². The first-order valence-corrected chi connectivity index (χ1v) is 9.33. The molecule has 0 atom stereocenters. The van der Waals surface area contributed by atoms with Crippen molar-refractivity contribution in [3.63, 3.8) is 0 Å². The smallest absolute Gasteiger partial charge is 0.319 e. The van der Waals surface area contributed by atoms with E-state index in [0.29, 0.717) is 18.8 Å². The van der Waals surface area contributed by atoms with Gasteiger partial charge in [-0.05, 0) is 44.2 Å². The predicted molar refractivity (Wildman–Crippen MR) is 101 cm³/mol. The number of likely N-dealkylation sites (tertiary alicyclic amines) is 2. The van der Waals surface area contributed by atoms with Crippen molar-refractivity contribution in [1.29, 1.82) is 0 Å². The summed E-state index contributed by atoms with van der Waals surface area (Å²) in [5.74, 6) is 0.708. The number of piperidine rings is 1. The number of amides is 4. The summed E-state index contributed by atoms with van der Waals surface area (Å²) in [4.78, 5) is 28.6. The molecule has 0 bridgehead atoms. The molecule has 0 spiro atoms. The lowest BCUT2D eigenvalue weighted by atomic mass is 10.1. The van der Waals surface area contributed by atoms with E-state index in [-0.39, 0.29) is 18.1 Å². The van der Waals surface area contributed by atoms with E-state index in [1.54, 1.807) is 7.11 Å². The van der Waals surface area contributed by atoms with Crippen LogP contribution in [0, 0.1) is 6.92 Å². The van der Waals surface area contributed by atoms with Gasteiger partial charge in [-0.2, -0.15) is 0 Å². The van der Waals surface area contributed by atoms with Crippen molar-refractivity contribution in [2.24, 2.45) is 0 Å². The molecule has 2 aliphatic heterocycles. The molecule has 7 nitrogen and oxygen atoms in total. The number of aryl methyl sites for hydroxylation is 1. The third kappa shape index (κ3) is 4.39. The van der Waals surface area contributed by atoms with Gasteiger partial charge in [-0.25, -0.2) is 9.59 Å². The lowest BCUT2D eigenvalue weighted by Gasteiger charge is -2.34. The molecule has 142 valence electrons. The number of nitrogens with one attached hydrogen (secondary N) is 2. The van der Waals surface area contributed by atoms with Crippen LogP contribution in [0.5, 0.6) is 5.75 Å². The molecule has 0 saturated carbocycles. The van der Waals surface area contributed by atoms with E-state index in [2.05, 4.69) is 10.6 Å². The maximum absolute atomic E-state index is 12.4. The molecular weight excluding hydrogens is 332 g/mol. The van der Waals surface area contributed by atoms with Crippen LogP contribution in [0.2, 0.25) is 0 Å². The standard InChI is InChI=1S/C19H28N4O3/c1-14-5-6-16(26-2)13-17(14)21-18(24)20-15-7-11-23(12-8-15)19(25)22-9-3-4-10-22/h5-6,13,15H,3-4,7-12H2,1-2H3,(H2,20,21,24). The molecule has 0 aromatic heterocycles. The predicted octanol–water partition coefficient (Wildman–Crippen LogP) is 2.81. The molecule has 4 amide bonds. The van der Waals surface area contributed by atoms with Crippen molar-refractivity contribution in [1.82, 2.24) is 15.1 Å². The maximum atomic E-state index is 12.4. The second-order valence-corrected chi connectivity index (χ2v) is 7.02. The van der Waals surface area contributed by atoms with E-state index in [0.717, 1.165) is 50.0 Å². The molecular formula is C19H28N4O3.